The molecule has 0 unspecified atom stereocenters. The molecule has 0 saturated carbocycles. The first kappa shape index (κ1) is 9.83. The van der Waals surface area contributed by atoms with Crippen molar-refractivity contribution in [1.29, 1.82) is 0 Å². The van der Waals surface area contributed by atoms with Gasteiger partial charge in [-0.2, -0.15) is 0 Å². The van der Waals surface area contributed by atoms with E-state index >= 15 is 0 Å². The summed E-state index contributed by atoms with van der Waals surface area (Å²) in [7, 11) is 3.93. The molecule has 0 aliphatic rings. The summed E-state index contributed by atoms with van der Waals surface area (Å²) in [5.41, 5.74) is 10.3. The molecule has 0 radical (unpaired) electrons. The fourth-order valence-corrected chi connectivity index (χ4v) is 3.77. The zero-order valence-corrected chi connectivity index (χ0v) is 8.28. The van der Waals surface area contributed by atoms with Crippen molar-refractivity contribution in [2.45, 2.75) is 0 Å². The Morgan fingerprint density at radius 3 is 1.56 bits per heavy atom. The van der Waals surface area contributed by atoms with E-state index in [1.807, 2.05) is 0 Å². The first-order valence-corrected chi connectivity index (χ1v) is 6.03. The maximum atomic E-state index is 5.15. The van der Waals surface area contributed by atoms with E-state index in [2.05, 4.69) is 24.4 Å². The average molecular weight is 216 g/mol. The summed E-state index contributed by atoms with van der Waals surface area (Å²) in [6.45, 7) is 0. The van der Waals surface area contributed by atoms with E-state index < -0.39 is 0 Å². The van der Waals surface area contributed by atoms with Crippen LogP contribution in [0.15, 0.2) is 0 Å². The molecule has 0 aromatic rings. The lowest BCUT2D eigenvalue weighted by atomic mass is 11.5. The maximum Gasteiger partial charge on any atom is 0.142 e. The van der Waals surface area contributed by atoms with Crippen LogP contribution in [0.2, 0.25) is 0 Å². The van der Waals surface area contributed by atoms with E-state index in [0.717, 1.165) is 0 Å². The lowest BCUT2D eigenvalue weighted by Crippen LogP contribution is -2.01. The van der Waals surface area contributed by atoms with E-state index in [1.54, 1.807) is 0 Å². The lowest BCUT2D eigenvalue weighted by Gasteiger charge is -1.93. The van der Waals surface area contributed by atoms with Crippen molar-refractivity contribution in [3.8, 4) is 0 Å². The molecule has 0 amide bonds. The van der Waals surface area contributed by atoms with Gasteiger partial charge in [0, 0.05) is 0 Å². The molecular weight excluding hydrogens is 212 g/mol. The molecule has 2 nitrogen and oxygen atoms in total. The minimum atomic E-state index is 0.392. The van der Waals surface area contributed by atoms with Gasteiger partial charge in [-0.1, -0.05) is 24.4 Å². The summed E-state index contributed by atoms with van der Waals surface area (Å²) < 4.78 is 0.785. The minimum absolute atomic E-state index is 0.392. The van der Waals surface area contributed by atoms with Gasteiger partial charge in [0.05, 0.1) is 0 Å². The summed E-state index contributed by atoms with van der Waals surface area (Å²) in [5.74, 6) is 0. The SMILES string of the molecule is NC(=S)SSSC(N)=S. The van der Waals surface area contributed by atoms with Gasteiger partial charge in [0.25, 0.3) is 0 Å². The van der Waals surface area contributed by atoms with Gasteiger partial charge < -0.3 is 11.5 Å². The monoisotopic (exact) mass is 216 g/mol. The molecule has 0 fully saturated rings. The molecule has 0 aliphatic heterocycles. The van der Waals surface area contributed by atoms with Gasteiger partial charge >= 0.3 is 0 Å². The summed E-state index contributed by atoms with van der Waals surface area (Å²) >= 11 is 9.14. The van der Waals surface area contributed by atoms with Crippen LogP contribution in [-0.2, 0) is 0 Å². The summed E-state index contributed by atoms with van der Waals surface area (Å²) in [6.07, 6.45) is 0. The normalized spacial score (nSPS) is 8.89. The third-order valence-corrected chi connectivity index (χ3v) is 4.54. The van der Waals surface area contributed by atoms with Gasteiger partial charge in [0.2, 0.25) is 0 Å². The number of hydrogen-bond acceptors (Lipinski definition) is 5. The highest BCUT2D eigenvalue weighted by Gasteiger charge is 1.93. The standard InChI is InChI=1S/C2H4N2S5/c3-1(5)7-9-8-2(4)6/h(H2,3,5)(H2,4,6). The Balaban J connectivity index is 3.10. The number of hydrogen-bond donors (Lipinski definition) is 2. The number of nitrogens with two attached hydrogens (primary N) is 2. The predicted octanol–water partition coefficient (Wildman–Crippen LogP) is 1.50. The van der Waals surface area contributed by atoms with Crippen molar-refractivity contribution in [2.75, 3.05) is 0 Å². The molecule has 0 bridgehead atoms. The third kappa shape index (κ3) is 8.83. The highest BCUT2D eigenvalue weighted by atomic mass is 33.5. The molecule has 0 saturated heterocycles. The van der Waals surface area contributed by atoms with Gasteiger partial charge in [0.15, 0.2) is 0 Å². The molecule has 0 aromatic carbocycles. The van der Waals surface area contributed by atoms with Crippen LogP contribution in [0.3, 0.4) is 0 Å². The van der Waals surface area contributed by atoms with E-state index in [0.29, 0.717) is 8.64 Å². The van der Waals surface area contributed by atoms with Gasteiger partial charge in [-0.25, -0.2) is 0 Å². The van der Waals surface area contributed by atoms with Gasteiger partial charge in [-0.05, 0) is 31.4 Å². The molecule has 4 N–H and O–H groups in total. The Morgan fingerprint density at radius 2 is 1.33 bits per heavy atom. The quantitative estimate of drug-likeness (QED) is 0.536. The number of thiocarbonyl (C=S) groups is 2. The van der Waals surface area contributed by atoms with Crippen molar-refractivity contribution in [1.82, 2.24) is 0 Å². The van der Waals surface area contributed by atoms with Crippen LogP contribution < -0.4 is 11.5 Å². The van der Waals surface area contributed by atoms with Gasteiger partial charge in [-0.3, -0.25) is 0 Å². The summed E-state index contributed by atoms with van der Waals surface area (Å²) in [4.78, 5) is 0. The van der Waals surface area contributed by atoms with Gasteiger partial charge in [0.1, 0.15) is 8.64 Å². The van der Waals surface area contributed by atoms with E-state index in [9.17, 15) is 0 Å². The number of rotatable bonds is 2. The molecule has 52 valence electrons. The fraction of sp³-hybridized carbons (Fsp3) is 0. The molecule has 0 aromatic heterocycles. The topological polar surface area (TPSA) is 52.0 Å². The highest BCUT2D eigenvalue weighted by Crippen LogP contribution is 2.34. The molecule has 0 heterocycles. The summed E-state index contributed by atoms with van der Waals surface area (Å²) in [6, 6.07) is 0. The Labute approximate surface area is 75.7 Å². The van der Waals surface area contributed by atoms with Crippen molar-refractivity contribution >= 4 is 64.5 Å². The third-order valence-electron chi connectivity index (χ3n) is 0.232. The van der Waals surface area contributed by atoms with Crippen LogP contribution in [0.4, 0.5) is 0 Å². The molecule has 0 rings (SSSR count). The Hall–Kier alpha value is 0.830. The van der Waals surface area contributed by atoms with Gasteiger partial charge in [-0.15, -0.1) is 0 Å². The first-order valence-electron chi connectivity index (χ1n) is 1.73. The van der Waals surface area contributed by atoms with E-state index in [-0.39, 0.29) is 0 Å². The van der Waals surface area contributed by atoms with Crippen molar-refractivity contribution in [3.63, 3.8) is 0 Å². The second-order valence-electron chi connectivity index (χ2n) is 0.873. The molecule has 0 spiro atoms. The van der Waals surface area contributed by atoms with Crippen molar-refractivity contribution < 1.29 is 0 Å². The van der Waals surface area contributed by atoms with Crippen molar-refractivity contribution in [3.05, 3.63) is 0 Å². The van der Waals surface area contributed by atoms with Crippen LogP contribution in [0, 0.1) is 0 Å². The molecular formula is C2H4N2S5. The van der Waals surface area contributed by atoms with Crippen molar-refractivity contribution in [2.24, 2.45) is 11.5 Å². The summed E-state index contributed by atoms with van der Waals surface area (Å²) in [5, 5.41) is 0. The maximum absolute atomic E-state index is 5.15. The molecule has 0 atom stereocenters. The first-order chi connectivity index (χ1) is 4.13. The Bertz CT molecular complexity index is 108. The second kappa shape index (κ2) is 5.60. The van der Waals surface area contributed by atoms with Crippen LogP contribution >= 0.6 is 55.8 Å². The largest absolute Gasteiger partial charge is 0.384 e. The molecule has 7 heteroatoms. The zero-order valence-electron chi connectivity index (χ0n) is 4.20. The van der Waals surface area contributed by atoms with Crippen LogP contribution in [0.25, 0.3) is 0 Å². The Morgan fingerprint density at radius 1 is 1.00 bits per heavy atom. The fourth-order valence-electron chi connectivity index (χ4n) is 0.0841. The smallest absolute Gasteiger partial charge is 0.142 e. The van der Waals surface area contributed by atoms with Crippen LogP contribution in [0.5, 0.6) is 0 Å². The Kier molecular flexibility index (Phi) is 6.12. The average Bonchev–Trinajstić information content (AvgIpc) is 1.63. The zero-order chi connectivity index (χ0) is 7.28. The van der Waals surface area contributed by atoms with E-state index in [1.165, 1.54) is 31.4 Å². The molecule has 9 heavy (non-hydrogen) atoms. The van der Waals surface area contributed by atoms with E-state index in [4.69, 9.17) is 11.5 Å². The molecule has 0 aliphatic carbocycles. The lowest BCUT2D eigenvalue weighted by molar-refractivity contribution is 1.91. The minimum Gasteiger partial charge on any atom is -0.384 e. The highest BCUT2D eigenvalue weighted by molar-refractivity contribution is 9.15. The van der Waals surface area contributed by atoms with Crippen LogP contribution in [0.1, 0.15) is 0 Å². The predicted molar refractivity (Wildman–Crippen MR) is 56.3 cm³/mol. The van der Waals surface area contributed by atoms with Crippen LogP contribution in [-0.4, -0.2) is 8.64 Å². The second-order valence-corrected chi connectivity index (χ2v) is 6.25.